The summed E-state index contributed by atoms with van der Waals surface area (Å²) in [5.74, 6) is 0. The number of aromatic nitrogens is 2. The molecule has 2 aromatic heterocycles. The quantitative estimate of drug-likeness (QED) is 0.527. The summed E-state index contributed by atoms with van der Waals surface area (Å²) in [6.45, 7) is 8.36. The monoisotopic (exact) mass is 339 g/mol. The van der Waals surface area contributed by atoms with Gasteiger partial charge in [-0.2, -0.15) is 0 Å². The molecule has 0 fully saturated rings. The average Bonchev–Trinajstić information content (AvgIpc) is 2.92. The third-order valence-corrected chi connectivity index (χ3v) is 5.82. The first kappa shape index (κ1) is 16.7. The van der Waals surface area contributed by atoms with Gasteiger partial charge in [0.2, 0.25) is 0 Å². The summed E-state index contributed by atoms with van der Waals surface area (Å²) in [6, 6.07) is 15.4. The van der Waals surface area contributed by atoms with Crippen LogP contribution in [0.15, 0.2) is 48.7 Å². The molecule has 1 aromatic carbocycles. The minimum atomic E-state index is -1.09. The second kappa shape index (κ2) is 6.79. The Hall–Kier alpha value is -2.11. The van der Waals surface area contributed by atoms with Crippen molar-refractivity contribution in [3.8, 4) is 11.3 Å². The molecule has 126 valence electrons. The predicted octanol–water partition coefficient (Wildman–Crippen LogP) is 4.60. The van der Waals surface area contributed by atoms with E-state index < -0.39 is 8.07 Å². The number of fused-ring (bicyclic) bond motifs is 1. The van der Waals surface area contributed by atoms with Gasteiger partial charge in [0.25, 0.3) is 0 Å². The molecule has 0 atom stereocenters. The molecule has 3 aromatic rings. The third kappa shape index (κ3) is 3.68. The summed E-state index contributed by atoms with van der Waals surface area (Å²) in [7, 11) is -1.09. The van der Waals surface area contributed by atoms with Gasteiger partial charge in [0.05, 0.1) is 5.69 Å². The molecule has 2 heterocycles. The Morgan fingerprint density at radius 2 is 1.88 bits per heavy atom. The van der Waals surface area contributed by atoms with E-state index in [1.165, 1.54) is 0 Å². The maximum atomic E-state index is 6.14. The molecule has 0 radical (unpaired) electrons. The van der Waals surface area contributed by atoms with Crippen molar-refractivity contribution in [2.24, 2.45) is 0 Å². The Kier molecular flexibility index (Phi) is 4.73. The highest BCUT2D eigenvalue weighted by molar-refractivity contribution is 6.76. The van der Waals surface area contributed by atoms with E-state index in [2.05, 4.69) is 47.4 Å². The number of pyridine rings is 1. The predicted molar refractivity (Wildman–Crippen MR) is 104 cm³/mol. The van der Waals surface area contributed by atoms with Crippen molar-refractivity contribution in [3.63, 3.8) is 0 Å². The van der Waals surface area contributed by atoms with Crippen molar-refractivity contribution >= 4 is 24.8 Å². The average molecular weight is 340 g/mol. The fourth-order valence-corrected chi connectivity index (χ4v) is 3.44. The van der Waals surface area contributed by atoms with Gasteiger partial charge in [-0.25, -0.2) is 4.98 Å². The molecular weight excluding hydrogens is 314 g/mol. The van der Waals surface area contributed by atoms with Gasteiger partial charge in [-0.15, -0.1) is 0 Å². The fourth-order valence-electron chi connectivity index (χ4n) is 2.68. The summed E-state index contributed by atoms with van der Waals surface area (Å²) >= 11 is 0. The van der Waals surface area contributed by atoms with Crippen molar-refractivity contribution in [3.05, 3.63) is 48.7 Å². The zero-order chi connectivity index (χ0) is 17.2. The van der Waals surface area contributed by atoms with Crippen LogP contribution in [0.3, 0.4) is 0 Å². The van der Waals surface area contributed by atoms with Crippen LogP contribution in [-0.2, 0) is 11.5 Å². The standard InChI is InChI=1S/C19H25N3OSi/c1-24(2,3)12-11-23-14-22-18(15-7-5-4-6-8-15)13-16-17(20)9-10-21-19(16)22/h4-10,13H,11-12,14H2,1-3H3,(H2,20,21). The van der Waals surface area contributed by atoms with Crippen LogP contribution in [0.2, 0.25) is 25.7 Å². The van der Waals surface area contributed by atoms with Crippen LogP contribution in [0.4, 0.5) is 5.69 Å². The summed E-state index contributed by atoms with van der Waals surface area (Å²) in [4.78, 5) is 4.53. The Bertz CT molecular complexity index is 822. The van der Waals surface area contributed by atoms with Crippen molar-refractivity contribution in [2.75, 3.05) is 12.3 Å². The van der Waals surface area contributed by atoms with Crippen LogP contribution in [0.5, 0.6) is 0 Å². The van der Waals surface area contributed by atoms with E-state index in [4.69, 9.17) is 10.5 Å². The Labute approximate surface area is 144 Å². The van der Waals surface area contributed by atoms with Gasteiger partial charge in [0, 0.05) is 32.0 Å². The SMILES string of the molecule is C[Si](C)(C)CCOCn1c(-c2ccccc2)cc2c(N)ccnc21. The minimum absolute atomic E-state index is 0.495. The number of nitrogen functional groups attached to an aromatic ring is 1. The first-order valence-corrected chi connectivity index (χ1v) is 12.0. The maximum Gasteiger partial charge on any atom is 0.144 e. The molecule has 0 aliphatic heterocycles. The number of benzene rings is 1. The van der Waals surface area contributed by atoms with E-state index >= 15 is 0 Å². The molecule has 0 bridgehead atoms. The van der Waals surface area contributed by atoms with Crippen molar-refractivity contribution < 1.29 is 4.74 Å². The first-order valence-electron chi connectivity index (χ1n) is 8.32. The Morgan fingerprint density at radius 1 is 1.12 bits per heavy atom. The Balaban J connectivity index is 1.93. The normalized spacial score (nSPS) is 12.0. The Morgan fingerprint density at radius 3 is 2.58 bits per heavy atom. The van der Waals surface area contributed by atoms with Crippen LogP contribution in [0.25, 0.3) is 22.3 Å². The third-order valence-electron chi connectivity index (χ3n) is 4.12. The van der Waals surface area contributed by atoms with Crippen molar-refractivity contribution in [1.29, 1.82) is 0 Å². The molecule has 0 saturated carbocycles. The lowest BCUT2D eigenvalue weighted by atomic mass is 10.1. The van der Waals surface area contributed by atoms with Gasteiger partial charge in [0.1, 0.15) is 12.4 Å². The van der Waals surface area contributed by atoms with Crippen LogP contribution in [0, 0.1) is 0 Å². The summed E-state index contributed by atoms with van der Waals surface area (Å²) in [5.41, 5.74) is 9.99. The van der Waals surface area contributed by atoms with Crippen LogP contribution < -0.4 is 5.73 Å². The van der Waals surface area contributed by atoms with E-state index in [1.54, 1.807) is 6.20 Å². The number of hydrogen-bond donors (Lipinski definition) is 1. The molecule has 0 aliphatic carbocycles. The lowest BCUT2D eigenvalue weighted by Gasteiger charge is -2.16. The molecule has 0 amide bonds. The number of ether oxygens (including phenoxy) is 1. The van der Waals surface area contributed by atoms with Gasteiger partial charge in [-0.3, -0.25) is 0 Å². The smallest absolute Gasteiger partial charge is 0.144 e. The van der Waals surface area contributed by atoms with Crippen LogP contribution in [-0.4, -0.2) is 24.2 Å². The summed E-state index contributed by atoms with van der Waals surface area (Å²) in [5, 5.41) is 0.977. The second-order valence-corrected chi connectivity index (χ2v) is 12.9. The molecule has 0 spiro atoms. The lowest BCUT2D eigenvalue weighted by Crippen LogP contribution is -2.22. The highest BCUT2D eigenvalue weighted by Gasteiger charge is 2.15. The van der Waals surface area contributed by atoms with Gasteiger partial charge in [-0.05, 0) is 23.7 Å². The molecule has 5 heteroatoms. The summed E-state index contributed by atoms with van der Waals surface area (Å²) in [6.07, 6.45) is 1.75. The summed E-state index contributed by atoms with van der Waals surface area (Å²) < 4.78 is 8.10. The topological polar surface area (TPSA) is 53.1 Å². The highest BCUT2D eigenvalue weighted by Crippen LogP contribution is 2.30. The van der Waals surface area contributed by atoms with Gasteiger partial charge >= 0.3 is 0 Å². The molecule has 0 saturated heterocycles. The second-order valence-electron chi connectivity index (χ2n) is 7.31. The fraction of sp³-hybridized carbons (Fsp3) is 0.316. The van der Waals surface area contributed by atoms with E-state index in [1.807, 2.05) is 24.3 Å². The van der Waals surface area contributed by atoms with Crippen molar-refractivity contribution in [1.82, 2.24) is 9.55 Å². The molecular formula is C19H25N3OSi. The minimum Gasteiger partial charge on any atom is -0.398 e. The number of rotatable bonds is 6. The van der Waals surface area contributed by atoms with E-state index in [-0.39, 0.29) is 0 Å². The number of hydrogen-bond acceptors (Lipinski definition) is 3. The number of nitrogens with zero attached hydrogens (tertiary/aromatic N) is 2. The van der Waals surface area contributed by atoms with Crippen LogP contribution >= 0.6 is 0 Å². The van der Waals surface area contributed by atoms with Gasteiger partial charge in [-0.1, -0.05) is 50.0 Å². The highest BCUT2D eigenvalue weighted by atomic mass is 28.3. The van der Waals surface area contributed by atoms with Gasteiger partial charge < -0.3 is 15.0 Å². The molecule has 4 nitrogen and oxygen atoms in total. The number of anilines is 1. The first-order chi connectivity index (χ1) is 11.5. The zero-order valence-corrected chi connectivity index (χ0v) is 15.6. The molecule has 24 heavy (non-hydrogen) atoms. The van der Waals surface area contributed by atoms with E-state index in [9.17, 15) is 0 Å². The van der Waals surface area contributed by atoms with Crippen LogP contribution in [0.1, 0.15) is 0 Å². The maximum absolute atomic E-state index is 6.14. The largest absolute Gasteiger partial charge is 0.398 e. The van der Waals surface area contributed by atoms with E-state index in [0.29, 0.717) is 6.73 Å². The van der Waals surface area contributed by atoms with Crippen molar-refractivity contribution in [2.45, 2.75) is 32.4 Å². The molecule has 3 rings (SSSR count). The van der Waals surface area contributed by atoms with E-state index in [0.717, 1.165) is 40.6 Å². The number of nitrogens with two attached hydrogens (primary N) is 1. The molecule has 0 unspecified atom stereocenters. The lowest BCUT2D eigenvalue weighted by molar-refractivity contribution is 0.0909. The van der Waals surface area contributed by atoms with Gasteiger partial charge in [0.15, 0.2) is 0 Å². The molecule has 2 N–H and O–H groups in total. The zero-order valence-electron chi connectivity index (χ0n) is 14.6. The molecule has 0 aliphatic rings.